The highest BCUT2D eigenvalue weighted by Crippen LogP contribution is 2.35. The molecular weight excluding hydrogens is 390 g/mol. The first-order valence-electron chi connectivity index (χ1n) is 9.24. The van der Waals surface area contributed by atoms with E-state index in [1.165, 1.54) is 16.7 Å². The molecule has 0 aliphatic heterocycles. The van der Waals surface area contributed by atoms with Crippen LogP contribution in [-0.4, -0.2) is 12.1 Å². The van der Waals surface area contributed by atoms with Gasteiger partial charge in [-0.1, -0.05) is 47.1 Å². The number of halogens is 1. The predicted octanol–water partition coefficient (Wildman–Crippen LogP) is 6.01. The number of hydrogen-bond donors (Lipinski definition) is 1. The van der Waals surface area contributed by atoms with Crippen LogP contribution in [0.5, 0.6) is 11.5 Å². The Labute approximate surface area is 166 Å². The van der Waals surface area contributed by atoms with E-state index in [0.717, 1.165) is 28.9 Å². The normalized spacial score (nSPS) is 11.5. The Balaban J connectivity index is 2.18. The van der Waals surface area contributed by atoms with Crippen molar-refractivity contribution in [3.05, 3.63) is 57.6 Å². The predicted molar refractivity (Wildman–Crippen MR) is 112 cm³/mol. The Hall–Kier alpha value is -1.52. The summed E-state index contributed by atoms with van der Waals surface area (Å²) in [6, 6.07) is 12.4. The SMILES string of the molecule is CCOc1cc(CNC(C)(C)CC)c(Br)cc1OCc1ccccc1C. The summed E-state index contributed by atoms with van der Waals surface area (Å²) in [6.45, 7) is 12.6. The van der Waals surface area contributed by atoms with Gasteiger partial charge in [0.25, 0.3) is 0 Å². The van der Waals surface area contributed by atoms with Crippen LogP contribution < -0.4 is 14.8 Å². The minimum atomic E-state index is 0.102. The van der Waals surface area contributed by atoms with Crippen molar-refractivity contribution >= 4 is 15.9 Å². The fourth-order valence-electron chi connectivity index (χ4n) is 2.48. The van der Waals surface area contributed by atoms with Crippen molar-refractivity contribution in [3.8, 4) is 11.5 Å². The summed E-state index contributed by atoms with van der Waals surface area (Å²) < 4.78 is 12.9. The van der Waals surface area contributed by atoms with Crippen LogP contribution in [0.2, 0.25) is 0 Å². The van der Waals surface area contributed by atoms with Gasteiger partial charge >= 0.3 is 0 Å². The van der Waals surface area contributed by atoms with E-state index in [9.17, 15) is 0 Å². The van der Waals surface area contributed by atoms with Gasteiger partial charge in [0.15, 0.2) is 11.5 Å². The van der Waals surface area contributed by atoms with Crippen LogP contribution >= 0.6 is 15.9 Å². The zero-order valence-electron chi connectivity index (χ0n) is 16.5. The average Bonchev–Trinajstić information content (AvgIpc) is 2.62. The highest BCUT2D eigenvalue weighted by atomic mass is 79.9. The molecule has 0 saturated heterocycles. The summed E-state index contributed by atoms with van der Waals surface area (Å²) in [5, 5.41) is 3.59. The van der Waals surface area contributed by atoms with Gasteiger partial charge in [0, 0.05) is 16.6 Å². The molecule has 0 heterocycles. The minimum absolute atomic E-state index is 0.102. The van der Waals surface area contributed by atoms with Crippen LogP contribution in [0.3, 0.4) is 0 Å². The lowest BCUT2D eigenvalue weighted by Crippen LogP contribution is -2.37. The molecule has 26 heavy (non-hydrogen) atoms. The van der Waals surface area contributed by atoms with Crippen molar-refractivity contribution in [2.24, 2.45) is 0 Å². The highest BCUT2D eigenvalue weighted by Gasteiger charge is 2.16. The second-order valence-corrected chi connectivity index (χ2v) is 7.98. The van der Waals surface area contributed by atoms with E-state index in [2.05, 4.69) is 67.1 Å². The molecule has 142 valence electrons. The maximum absolute atomic E-state index is 6.08. The topological polar surface area (TPSA) is 30.5 Å². The Morgan fingerprint density at radius 3 is 2.35 bits per heavy atom. The van der Waals surface area contributed by atoms with Gasteiger partial charge in [-0.2, -0.15) is 0 Å². The molecule has 0 unspecified atom stereocenters. The van der Waals surface area contributed by atoms with Gasteiger partial charge < -0.3 is 14.8 Å². The summed E-state index contributed by atoms with van der Waals surface area (Å²) in [7, 11) is 0. The molecule has 2 rings (SSSR count). The van der Waals surface area contributed by atoms with E-state index in [1.807, 2.05) is 25.1 Å². The van der Waals surface area contributed by atoms with Crippen molar-refractivity contribution < 1.29 is 9.47 Å². The third-order valence-electron chi connectivity index (χ3n) is 4.70. The van der Waals surface area contributed by atoms with E-state index in [4.69, 9.17) is 9.47 Å². The quantitative estimate of drug-likeness (QED) is 0.539. The maximum atomic E-state index is 6.08. The van der Waals surface area contributed by atoms with Crippen LogP contribution in [0.15, 0.2) is 40.9 Å². The van der Waals surface area contributed by atoms with Crippen molar-refractivity contribution in [1.29, 1.82) is 0 Å². The molecular formula is C22H30BrNO2. The van der Waals surface area contributed by atoms with Gasteiger partial charge in [0.05, 0.1) is 6.61 Å². The first-order valence-corrected chi connectivity index (χ1v) is 10.0. The minimum Gasteiger partial charge on any atom is -0.490 e. The monoisotopic (exact) mass is 419 g/mol. The molecule has 2 aromatic carbocycles. The molecule has 0 aliphatic carbocycles. The number of aryl methyl sites for hydroxylation is 1. The number of rotatable bonds is 9. The number of nitrogens with one attached hydrogen (secondary N) is 1. The van der Waals surface area contributed by atoms with Crippen molar-refractivity contribution in [2.45, 2.75) is 59.7 Å². The van der Waals surface area contributed by atoms with Crippen LogP contribution in [0.25, 0.3) is 0 Å². The lowest BCUT2D eigenvalue weighted by atomic mass is 10.0. The number of benzene rings is 2. The molecule has 0 bridgehead atoms. The van der Waals surface area contributed by atoms with Crippen LogP contribution in [0.4, 0.5) is 0 Å². The molecule has 0 aromatic heterocycles. The van der Waals surface area contributed by atoms with Gasteiger partial charge in [0.2, 0.25) is 0 Å². The Bertz CT molecular complexity index is 728. The molecule has 0 amide bonds. The first-order chi connectivity index (χ1) is 12.4. The third-order valence-corrected chi connectivity index (χ3v) is 5.44. The smallest absolute Gasteiger partial charge is 0.162 e. The van der Waals surface area contributed by atoms with Gasteiger partial charge in [-0.3, -0.25) is 0 Å². The Morgan fingerprint density at radius 1 is 1.00 bits per heavy atom. The van der Waals surface area contributed by atoms with E-state index in [-0.39, 0.29) is 5.54 Å². The van der Waals surface area contributed by atoms with Crippen LogP contribution in [-0.2, 0) is 13.2 Å². The van der Waals surface area contributed by atoms with Crippen molar-refractivity contribution in [1.82, 2.24) is 5.32 Å². The summed E-state index contributed by atoms with van der Waals surface area (Å²) in [5.74, 6) is 1.55. The third kappa shape index (κ3) is 5.75. The number of hydrogen-bond acceptors (Lipinski definition) is 3. The molecule has 0 fully saturated rings. The lowest BCUT2D eigenvalue weighted by Gasteiger charge is -2.25. The van der Waals surface area contributed by atoms with E-state index >= 15 is 0 Å². The Kier molecular flexibility index (Phi) is 7.54. The highest BCUT2D eigenvalue weighted by molar-refractivity contribution is 9.10. The maximum Gasteiger partial charge on any atom is 0.162 e. The first kappa shape index (κ1) is 20.8. The van der Waals surface area contributed by atoms with Gasteiger partial charge in [0.1, 0.15) is 6.61 Å². The summed E-state index contributed by atoms with van der Waals surface area (Å²) in [4.78, 5) is 0. The molecule has 1 N–H and O–H groups in total. The molecule has 4 heteroatoms. The van der Waals surface area contributed by atoms with Crippen molar-refractivity contribution in [3.63, 3.8) is 0 Å². The second kappa shape index (κ2) is 9.43. The zero-order valence-corrected chi connectivity index (χ0v) is 18.1. The fourth-order valence-corrected chi connectivity index (χ4v) is 2.94. The van der Waals surface area contributed by atoms with Gasteiger partial charge in [-0.25, -0.2) is 0 Å². The van der Waals surface area contributed by atoms with E-state index < -0.39 is 0 Å². The van der Waals surface area contributed by atoms with Crippen LogP contribution in [0, 0.1) is 6.92 Å². The summed E-state index contributed by atoms with van der Waals surface area (Å²) in [6.07, 6.45) is 1.07. The van der Waals surface area contributed by atoms with Gasteiger partial charge in [-0.15, -0.1) is 0 Å². The molecule has 0 saturated carbocycles. The molecule has 3 nitrogen and oxygen atoms in total. The second-order valence-electron chi connectivity index (χ2n) is 7.13. The largest absolute Gasteiger partial charge is 0.490 e. The fraction of sp³-hybridized carbons (Fsp3) is 0.455. The van der Waals surface area contributed by atoms with Crippen LogP contribution in [0.1, 0.15) is 50.8 Å². The molecule has 0 atom stereocenters. The molecule has 2 aromatic rings. The number of ether oxygens (including phenoxy) is 2. The summed E-state index contributed by atoms with van der Waals surface area (Å²) >= 11 is 3.69. The Morgan fingerprint density at radius 2 is 1.69 bits per heavy atom. The standard InChI is InChI=1S/C22H30BrNO2/c1-6-22(4,5)24-14-18-12-20(25-7-2)21(13-19(18)23)26-15-17-11-9-8-10-16(17)3/h8-13,24H,6-7,14-15H2,1-5H3. The molecule has 0 radical (unpaired) electrons. The van der Waals surface area contributed by atoms with Gasteiger partial charge in [-0.05, 0) is 62.9 Å². The van der Waals surface area contributed by atoms with E-state index in [1.54, 1.807) is 0 Å². The summed E-state index contributed by atoms with van der Waals surface area (Å²) in [5.41, 5.74) is 3.68. The molecule has 0 aliphatic rings. The lowest BCUT2D eigenvalue weighted by molar-refractivity contribution is 0.268. The zero-order chi connectivity index (χ0) is 19.2. The van der Waals surface area contributed by atoms with Crippen molar-refractivity contribution in [2.75, 3.05) is 6.61 Å². The van der Waals surface area contributed by atoms with E-state index in [0.29, 0.717) is 13.2 Å². The molecule has 0 spiro atoms. The average molecular weight is 420 g/mol.